The molecule has 0 aromatic heterocycles. The van der Waals surface area contributed by atoms with Crippen molar-refractivity contribution in [1.29, 1.82) is 0 Å². The predicted molar refractivity (Wildman–Crippen MR) is 84.8 cm³/mol. The van der Waals surface area contributed by atoms with E-state index in [2.05, 4.69) is 16.8 Å². The summed E-state index contributed by atoms with van der Waals surface area (Å²) in [4.78, 5) is 4.37. The van der Waals surface area contributed by atoms with Crippen LogP contribution in [-0.4, -0.2) is 75.9 Å². The summed E-state index contributed by atoms with van der Waals surface area (Å²) in [7, 11) is -0.141. The van der Waals surface area contributed by atoms with Gasteiger partial charge in [-0.25, -0.2) is 17.1 Å². The van der Waals surface area contributed by atoms with Crippen LogP contribution in [0.25, 0.3) is 0 Å². The lowest BCUT2D eigenvalue weighted by Gasteiger charge is -2.32. The number of benzene rings is 1. The van der Waals surface area contributed by atoms with E-state index < -0.39 is 15.8 Å². The second kappa shape index (κ2) is 7.50. The molecule has 5 nitrogen and oxygen atoms in total. The third-order valence-corrected chi connectivity index (χ3v) is 5.96. The van der Waals surface area contributed by atoms with Crippen molar-refractivity contribution in [2.75, 3.05) is 53.4 Å². The van der Waals surface area contributed by atoms with E-state index in [0.29, 0.717) is 6.54 Å². The van der Waals surface area contributed by atoms with Crippen molar-refractivity contribution in [3.05, 3.63) is 30.1 Å². The van der Waals surface area contributed by atoms with E-state index in [1.165, 1.54) is 35.6 Å². The first-order valence-corrected chi connectivity index (χ1v) is 8.97. The van der Waals surface area contributed by atoms with Crippen LogP contribution in [0.4, 0.5) is 4.39 Å². The standard InChI is InChI=1S/C15H24FN3O2S/c1-17-10-12-19(13-11-17)9-5-8-18(2)22(20,21)15-7-4-3-6-14(15)16/h3-4,6-7H,5,8-13H2,1-2H3. The molecule has 0 saturated carbocycles. The zero-order valence-electron chi connectivity index (χ0n) is 13.2. The quantitative estimate of drug-likeness (QED) is 0.783. The minimum atomic E-state index is -3.75. The van der Waals surface area contributed by atoms with E-state index in [1.54, 1.807) is 0 Å². The first kappa shape index (κ1) is 17.3. The maximum Gasteiger partial charge on any atom is 0.245 e. The Balaban J connectivity index is 1.86. The number of rotatable bonds is 6. The third kappa shape index (κ3) is 4.25. The van der Waals surface area contributed by atoms with Crippen molar-refractivity contribution < 1.29 is 12.8 Å². The zero-order valence-corrected chi connectivity index (χ0v) is 14.0. The van der Waals surface area contributed by atoms with E-state index in [9.17, 15) is 12.8 Å². The highest BCUT2D eigenvalue weighted by atomic mass is 32.2. The molecule has 7 heteroatoms. The Labute approximate surface area is 132 Å². The molecule has 1 aliphatic heterocycles. The topological polar surface area (TPSA) is 43.9 Å². The summed E-state index contributed by atoms with van der Waals surface area (Å²) in [6, 6.07) is 5.50. The maximum absolute atomic E-state index is 13.7. The van der Waals surface area contributed by atoms with Crippen molar-refractivity contribution in [2.45, 2.75) is 11.3 Å². The largest absolute Gasteiger partial charge is 0.304 e. The van der Waals surface area contributed by atoms with Gasteiger partial charge < -0.3 is 9.80 Å². The van der Waals surface area contributed by atoms with Gasteiger partial charge in [0.1, 0.15) is 10.7 Å². The zero-order chi connectivity index (χ0) is 16.2. The highest BCUT2D eigenvalue weighted by Crippen LogP contribution is 2.17. The van der Waals surface area contributed by atoms with Crippen LogP contribution >= 0.6 is 0 Å². The molecule has 2 rings (SSSR count). The number of nitrogens with zero attached hydrogens (tertiary/aromatic N) is 3. The van der Waals surface area contributed by atoms with E-state index in [-0.39, 0.29) is 4.90 Å². The molecule has 0 unspecified atom stereocenters. The van der Waals surface area contributed by atoms with Crippen LogP contribution in [0, 0.1) is 5.82 Å². The van der Waals surface area contributed by atoms with Crippen molar-refractivity contribution in [3.63, 3.8) is 0 Å². The average molecular weight is 329 g/mol. The highest BCUT2D eigenvalue weighted by Gasteiger charge is 2.24. The van der Waals surface area contributed by atoms with Crippen molar-refractivity contribution in [2.24, 2.45) is 0 Å². The van der Waals surface area contributed by atoms with Gasteiger partial charge in [-0.1, -0.05) is 12.1 Å². The van der Waals surface area contributed by atoms with Crippen molar-refractivity contribution in [3.8, 4) is 0 Å². The molecule has 0 amide bonds. The third-order valence-electron chi connectivity index (χ3n) is 4.07. The number of piperazine rings is 1. The van der Waals surface area contributed by atoms with Crippen LogP contribution in [0.5, 0.6) is 0 Å². The molecule has 1 aromatic carbocycles. The summed E-state index contributed by atoms with van der Waals surface area (Å²) in [5.74, 6) is -0.701. The van der Waals surface area contributed by atoms with Crippen LogP contribution in [0.15, 0.2) is 29.2 Å². The molecule has 1 aromatic rings. The Bertz CT molecular complexity index is 586. The summed E-state index contributed by atoms with van der Waals surface area (Å²) >= 11 is 0. The summed E-state index contributed by atoms with van der Waals surface area (Å²) in [6.07, 6.45) is 0.744. The number of halogens is 1. The number of sulfonamides is 1. The number of likely N-dealkylation sites (N-methyl/N-ethyl adjacent to an activating group) is 1. The van der Waals surface area contributed by atoms with Crippen molar-refractivity contribution >= 4 is 10.0 Å². The van der Waals surface area contributed by atoms with Gasteiger partial charge in [-0.05, 0) is 32.1 Å². The van der Waals surface area contributed by atoms with Gasteiger partial charge in [-0.3, -0.25) is 0 Å². The minimum absolute atomic E-state index is 0.253. The fourth-order valence-corrected chi connectivity index (χ4v) is 3.80. The van der Waals surface area contributed by atoms with Crippen LogP contribution in [0.1, 0.15) is 6.42 Å². The first-order chi connectivity index (χ1) is 10.4. The summed E-state index contributed by atoms with van der Waals surface area (Å²) in [6.45, 7) is 5.38. The van der Waals surface area contributed by atoms with Gasteiger partial charge in [-0.2, -0.15) is 0 Å². The Morgan fingerprint density at radius 3 is 2.45 bits per heavy atom. The molecule has 1 heterocycles. The summed E-state index contributed by atoms with van der Waals surface area (Å²) < 4.78 is 39.6. The molecule has 0 radical (unpaired) electrons. The first-order valence-electron chi connectivity index (χ1n) is 7.53. The molecule has 1 fully saturated rings. The highest BCUT2D eigenvalue weighted by molar-refractivity contribution is 7.89. The molecule has 1 aliphatic rings. The molecular formula is C15H24FN3O2S. The van der Waals surface area contributed by atoms with E-state index in [0.717, 1.165) is 39.1 Å². The molecule has 0 spiro atoms. The Morgan fingerprint density at radius 2 is 1.82 bits per heavy atom. The smallest absolute Gasteiger partial charge is 0.245 e. The van der Waals surface area contributed by atoms with Crippen LogP contribution in [0.2, 0.25) is 0 Å². The SMILES string of the molecule is CN1CCN(CCCN(C)S(=O)(=O)c2ccccc2F)CC1. The van der Waals surface area contributed by atoms with Gasteiger partial charge in [0.15, 0.2) is 0 Å². The van der Waals surface area contributed by atoms with Crippen LogP contribution in [-0.2, 0) is 10.0 Å². The number of hydrogen-bond acceptors (Lipinski definition) is 4. The van der Waals surface area contributed by atoms with E-state index in [4.69, 9.17) is 0 Å². The molecule has 1 saturated heterocycles. The van der Waals surface area contributed by atoms with Gasteiger partial charge in [-0.15, -0.1) is 0 Å². The fourth-order valence-electron chi connectivity index (χ4n) is 2.53. The van der Waals surface area contributed by atoms with Crippen LogP contribution in [0.3, 0.4) is 0 Å². The Hall–Kier alpha value is -1.02. The minimum Gasteiger partial charge on any atom is -0.304 e. The lowest BCUT2D eigenvalue weighted by atomic mass is 10.3. The Kier molecular flexibility index (Phi) is 5.91. The summed E-state index contributed by atoms with van der Waals surface area (Å²) in [5.41, 5.74) is 0. The lowest BCUT2D eigenvalue weighted by molar-refractivity contribution is 0.151. The van der Waals surface area contributed by atoms with Gasteiger partial charge in [0.2, 0.25) is 10.0 Å². The molecule has 0 N–H and O–H groups in total. The number of hydrogen-bond donors (Lipinski definition) is 0. The van der Waals surface area contributed by atoms with Gasteiger partial charge >= 0.3 is 0 Å². The Morgan fingerprint density at radius 1 is 1.18 bits per heavy atom. The fraction of sp³-hybridized carbons (Fsp3) is 0.600. The van der Waals surface area contributed by atoms with E-state index in [1.807, 2.05) is 0 Å². The lowest BCUT2D eigenvalue weighted by Crippen LogP contribution is -2.45. The molecule has 124 valence electrons. The van der Waals surface area contributed by atoms with Gasteiger partial charge in [0.25, 0.3) is 0 Å². The van der Waals surface area contributed by atoms with Gasteiger partial charge in [0.05, 0.1) is 0 Å². The molecule has 0 aliphatic carbocycles. The predicted octanol–water partition coefficient (Wildman–Crippen LogP) is 1.08. The second-order valence-corrected chi connectivity index (χ2v) is 7.77. The monoisotopic (exact) mass is 329 g/mol. The maximum atomic E-state index is 13.7. The van der Waals surface area contributed by atoms with Gasteiger partial charge in [0, 0.05) is 39.8 Å². The summed E-state index contributed by atoms with van der Waals surface area (Å²) in [5, 5.41) is 0. The molecule has 0 atom stereocenters. The normalized spacial score (nSPS) is 18.0. The second-order valence-electron chi connectivity index (χ2n) is 5.76. The molecule has 22 heavy (non-hydrogen) atoms. The van der Waals surface area contributed by atoms with Crippen LogP contribution < -0.4 is 0 Å². The molecular weight excluding hydrogens is 305 g/mol. The van der Waals surface area contributed by atoms with Crippen molar-refractivity contribution in [1.82, 2.24) is 14.1 Å². The molecule has 0 bridgehead atoms. The average Bonchev–Trinajstić information content (AvgIpc) is 2.49. The van der Waals surface area contributed by atoms with E-state index >= 15 is 0 Å².